The summed E-state index contributed by atoms with van der Waals surface area (Å²) in [6, 6.07) is 3.92. The minimum absolute atomic E-state index is 0.144. The summed E-state index contributed by atoms with van der Waals surface area (Å²) in [5.74, 6) is 0.389. The molecule has 0 bridgehead atoms. The highest BCUT2D eigenvalue weighted by Crippen LogP contribution is 2.27. The third kappa shape index (κ3) is 6.41. The van der Waals surface area contributed by atoms with Crippen LogP contribution in [-0.4, -0.2) is 20.7 Å². The van der Waals surface area contributed by atoms with Gasteiger partial charge in [-0.1, -0.05) is 57.4 Å². The zero-order valence-electron chi connectivity index (χ0n) is 13.9. The number of ether oxygens (including phenoxy) is 1. The Morgan fingerprint density at radius 3 is 2.00 bits per heavy atom. The van der Waals surface area contributed by atoms with Crippen molar-refractivity contribution >= 4 is 14.0 Å². The number of carbonyl (C=O) groups excluding carboxylic acids is 1. The number of allylic oxidation sites excluding steroid dienone is 1. The van der Waals surface area contributed by atoms with Gasteiger partial charge in [-0.25, -0.2) is 4.79 Å². The quantitative estimate of drug-likeness (QED) is 0.355. The summed E-state index contributed by atoms with van der Waals surface area (Å²) in [4.78, 5) is 11.8. The molecule has 0 fully saturated rings. The number of rotatable bonds is 8. The Bertz CT molecular complexity index is 313. The largest absolute Gasteiger partial charge is 0.462 e. The van der Waals surface area contributed by atoms with Gasteiger partial charge >= 0.3 is 5.97 Å². The molecule has 19 heavy (non-hydrogen) atoms. The Hall–Kier alpha value is -0.573. The average Bonchev–Trinajstić information content (AvgIpc) is 2.41. The van der Waals surface area contributed by atoms with Crippen molar-refractivity contribution < 1.29 is 9.53 Å². The van der Waals surface area contributed by atoms with Crippen LogP contribution in [0.3, 0.4) is 0 Å². The van der Waals surface area contributed by atoms with Crippen molar-refractivity contribution in [2.45, 2.75) is 72.6 Å². The Morgan fingerprint density at radius 2 is 1.63 bits per heavy atom. The lowest BCUT2D eigenvalue weighted by molar-refractivity contribution is -0.140. The van der Waals surface area contributed by atoms with Crippen molar-refractivity contribution in [1.29, 1.82) is 0 Å². The predicted molar refractivity (Wildman–Crippen MR) is 86.2 cm³/mol. The van der Waals surface area contributed by atoms with Crippen molar-refractivity contribution in [3.63, 3.8) is 0 Å². The standard InChI is InChI=1S/C16H32O2Si/c1-8-15(12-19(7,9-2)10-3)11-18-16(17)14(6)13(4)5/h15H,8-12H2,1-7H3. The molecule has 0 aliphatic rings. The molecule has 0 aliphatic heterocycles. The highest BCUT2D eigenvalue weighted by molar-refractivity contribution is 6.78. The van der Waals surface area contributed by atoms with Crippen LogP contribution in [0.2, 0.25) is 24.7 Å². The normalized spacial score (nSPS) is 13.0. The predicted octanol–water partition coefficient (Wildman–Crippen LogP) is 5.03. The van der Waals surface area contributed by atoms with Crippen LogP contribution in [0.4, 0.5) is 0 Å². The van der Waals surface area contributed by atoms with Gasteiger partial charge in [0.05, 0.1) is 14.7 Å². The van der Waals surface area contributed by atoms with Crippen molar-refractivity contribution in [2.75, 3.05) is 6.61 Å². The topological polar surface area (TPSA) is 26.3 Å². The van der Waals surface area contributed by atoms with Gasteiger partial charge in [-0.15, -0.1) is 0 Å². The van der Waals surface area contributed by atoms with Crippen molar-refractivity contribution in [3.8, 4) is 0 Å². The first-order valence-corrected chi connectivity index (χ1v) is 10.7. The maximum absolute atomic E-state index is 11.8. The second-order valence-electron chi connectivity index (χ2n) is 6.22. The maximum atomic E-state index is 11.8. The van der Waals surface area contributed by atoms with E-state index in [0.717, 1.165) is 17.6 Å². The molecule has 0 saturated carbocycles. The van der Waals surface area contributed by atoms with E-state index in [2.05, 4.69) is 27.3 Å². The van der Waals surface area contributed by atoms with Crippen LogP contribution in [0.5, 0.6) is 0 Å². The van der Waals surface area contributed by atoms with Gasteiger partial charge in [-0.05, 0) is 26.7 Å². The van der Waals surface area contributed by atoms with Crippen LogP contribution in [0, 0.1) is 5.92 Å². The third-order valence-electron chi connectivity index (χ3n) is 4.57. The van der Waals surface area contributed by atoms with E-state index in [4.69, 9.17) is 4.74 Å². The molecule has 2 nitrogen and oxygen atoms in total. The van der Waals surface area contributed by atoms with E-state index in [1.807, 2.05) is 20.8 Å². The summed E-state index contributed by atoms with van der Waals surface area (Å²) in [6.45, 7) is 15.6. The minimum atomic E-state index is -1.11. The molecule has 0 rings (SSSR count). The first-order valence-electron chi connectivity index (χ1n) is 7.60. The maximum Gasteiger partial charge on any atom is 0.333 e. The Balaban J connectivity index is 4.44. The van der Waals surface area contributed by atoms with E-state index in [-0.39, 0.29) is 5.97 Å². The monoisotopic (exact) mass is 284 g/mol. The molecule has 0 radical (unpaired) electrons. The van der Waals surface area contributed by atoms with Gasteiger partial charge in [0, 0.05) is 5.57 Å². The van der Waals surface area contributed by atoms with E-state index >= 15 is 0 Å². The van der Waals surface area contributed by atoms with Gasteiger partial charge in [-0.3, -0.25) is 0 Å². The van der Waals surface area contributed by atoms with Crippen LogP contribution in [0.1, 0.15) is 48.0 Å². The van der Waals surface area contributed by atoms with Crippen molar-refractivity contribution in [1.82, 2.24) is 0 Å². The lowest BCUT2D eigenvalue weighted by atomic mass is 10.1. The molecule has 1 unspecified atom stereocenters. The van der Waals surface area contributed by atoms with Crippen molar-refractivity contribution in [3.05, 3.63) is 11.1 Å². The molecule has 0 saturated heterocycles. The molecule has 0 heterocycles. The fourth-order valence-corrected chi connectivity index (χ4v) is 4.94. The summed E-state index contributed by atoms with van der Waals surface area (Å²) in [5, 5.41) is 0. The summed E-state index contributed by atoms with van der Waals surface area (Å²) < 4.78 is 5.48. The molecule has 112 valence electrons. The SMILES string of the molecule is CCC(COC(=O)C(C)=C(C)C)C[Si](C)(CC)CC. The van der Waals surface area contributed by atoms with E-state index in [0.29, 0.717) is 12.5 Å². The van der Waals surface area contributed by atoms with E-state index < -0.39 is 8.07 Å². The average molecular weight is 285 g/mol. The lowest BCUT2D eigenvalue weighted by Gasteiger charge is -2.29. The zero-order valence-corrected chi connectivity index (χ0v) is 14.9. The van der Waals surface area contributed by atoms with Crippen molar-refractivity contribution in [2.24, 2.45) is 5.92 Å². The van der Waals surface area contributed by atoms with Crippen LogP contribution >= 0.6 is 0 Å². The van der Waals surface area contributed by atoms with Gasteiger partial charge < -0.3 is 4.74 Å². The molecule has 0 aromatic heterocycles. The second kappa shape index (κ2) is 8.57. The smallest absolute Gasteiger partial charge is 0.333 e. The molecule has 0 aromatic carbocycles. The minimum Gasteiger partial charge on any atom is -0.462 e. The molecular weight excluding hydrogens is 252 g/mol. The van der Waals surface area contributed by atoms with E-state index in [1.165, 1.54) is 18.1 Å². The lowest BCUT2D eigenvalue weighted by Crippen LogP contribution is -2.32. The molecule has 0 aromatic rings. The zero-order chi connectivity index (χ0) is 15.1. The van der Waals surface area contributed by atoms with Gasteiger partial charge in [0.25, 0.3) is 0 Å². The first-order chi connectivity index (χ1) is 8.79. The number of hydrogen-bond donors (Lipinski definition) is 0. The Kier molecular flexibility index (Phi) is 8.31. The van der Waals surface area contributed by atoms with E-state index in [1.54, 1.807) is 0 Å². The number of hydrogen-bond acceptors (Lipinski definition) is 2. The van der Waals surface area contributed by atoms with E-state index in [9.17, 15) is 4.79 Å². The molecular formula is C16H32O2Si. The molecule has 0 N–H and O–H groups in total. The number of carbonyl (C=O) groups is 1. The highest BCUT2D eigenvalue weighted by atomic mass is 28.3. The summed E-state index contributed by atoms with van der Waals surface area (Å²) in [6.07, 6.45) is 1.10. The van der Waals surface area contributed by atoms with Gasteiger partial charge in [0.1, 0.15) is 0 Å². The summed E-state index contributed by atoms with van der Waals surface area (Å²) in [5.41, 5.74) is 1.79. The van der Waals surface area contributed by atoms with Gasteiger partial charge in [-0.2, -0.15) is 0 Å². The molecule has 1 atom stereocenters. The summed E-state index contributed by atoms with van der Waals surface area (Å²) >= 11 is 0. The van der Waals surface area contributed by atoms with Crippen LogP contribution < -0.4 is 0 Å². The summed E-state index contributed by atoms with van der Waals surface area (Å²) in [7, 11) is -1.11. The van der Waals surface area contributed by atoms with Gasteiger partial charge in [0.15, 0.2) is 0 Å². The molecule has 0 aliphatic carbocycles. The fourth-order valence-electron chi connectivity index (χ4n) is 2.06. The second-order valence-corrected chi connectivity index (χ2v) is 11.7. The number of esters is 1. The van der Waals surface area contributed by atoms with Crippen LogP contribution in [0.15, 0.2) is 11.1 Å². The van der Waals surface area contributed by atoms with Crippen LogP contribution in [-0.2, 0) is 9.53 Å². The van der Waals surface area contributed by atoms with Gasteiger partial charge in [0.2, 0.25) is 0 Å². The molecule has 3 heteroatoms. The molecule has 0 spiro atoms. The molecule has 0 amide bonds. The van der Waals surface area contributed by atoms with Crippen LogP contribution in [0.25, 0.3) is 0 Å². The first kappa shape index (κ1) is 18.4. The third-order valence-corrected chi connectivity index (χ3v) is 9.55. The fraction of sp³-hybridized carbons (Fsp3) is 0.812. The Morgan fingerprint density at radius 1 is 1.11 bits per heavy atom. The highest BCUT2D eigenvalue weighted by Gasteiger charge is 2.26. The Labute approximate surface area is 120 Å².